The summed E-state index contributed by atoms with van der Waals surface area (Å²) in [5.41, 5.74) is 1.21. The SMILES string of the molecule is CC1=NC(C)N=C(NCCc2ccc3c(c2)OCO3)N1. The molecule has 2 N–H and O–H groups in total. The fraction of sp³-hybridized carbons (Fsp3) is 0.429. The zero-order valence-corrected chi connectivity index (χ0v) is 11.6. The van der Waals surface area contributed by atoms with E-state index < -0.39 is 0 Å². The number of benzene rings is 1. The first-order chi connectivity index (χ1) is 9.70. The van der Waals surface area contributed by atoms with Crippen molar-refractivity contribution in [1.82, 2.24) is 10.6 Å². The van der Waals surface area contributed by atoms with Crippen LogP contribution in [0.15, 0.2) is 28.2 Å². The van der Waals surface area contributed by atoms with Gasteiger partial charge >= 0.3 is 0 Å². The second-order valence-electron chi connectivity index (χ2n) is 4.81. The van der Waals surface area contributed by atoms with Crippen molar-refractivity contribution in [3.63, 3.8) is 0 Å². The van der Waals surface area contributed by atoms with Crippen LogP contribution in [0.2, 0.25) is 0 Å². The van der Waals surface area contributed by atoms with Gasteiger partial charge in [0.25, 0.3) is 0 Å². The Kier molecular flexibility index (Phi) is 3.45. The van der Waals surface area contributed by atoms with Gasteiger partial charge < -0.3 is 20.1 Å². The van der Waals surface area contributed by atoms with Crippen molar-refractivity contribution in [2.75, 3.05) is 13.3 Å². The van der Waals surface area contributed by atoms with Crippen LogP contribution >= 0.6 is 0 Å². The first kappa shape index (κ1) is 12.8. The van der Waals surface area contributed by atoms with Crippen molar-refractivity contribution in [2.24, 2.45) is 9.98 Å². The highest BCUT2D eigenvalue weighted by Crippen LogP contribution is 2.32. The van der Waals surface area contributed by atoms with Crippen molar-refractivity contribution in [3.8, 4) is 11.5 Å². The maximum absolute atomic E-state index is 5.37. The molecule has 0 saturated carbocycles. The Balaban J connectivity index is 1.53. The Bertz CT molecular complexity index is 568. The molecule has 0 fully saturated rings. The molecule has 20 heavy (non-hydrogen) atoms. The molecule has 2 aliphatic rings. The lowest BCUT2D eigenvalue weighted by atomic mass is 10.1. The molecule has 0 bridgehead atoms. The Morgan fingerprint density at radius 3 is 3.00 bits per heavy atom. The molecule has 6 nitrogen and oxygen atoms in total. The molecular weight excluding hydrogens is 256 g/mol. The van der Waals surface area contributed by atoms with Gasteiger partial charge in [-0.05, 0) is 38.0 Å². The molecule has 0 spiro atoms. The Hall–Kier alpha value is -2.24. The summed E-state index contributed by atoms with van der Waals surface area (Å²) >= 11 is 0. The molecule has 106 valence electrons. The minimum Gasteiger partial charge on any atom is -0.454 e. The van der Waals surface area contributed by atoms with Gasteiger partial charge in [0, 0.05) is 6.54 Å². The first-order valence-corrected chi connectivity index (χ1v) is 6.72. The largest absolute Gasteiger partial charge is 0.454 e. The van der Waals surface area contributed by atoms with Gasteiger partial charge in [-0.15, -0.1) is 0 Å². The zero-order valence-electron chi connectivity index (χ0n) is 11.6. The number of amidine groups is 1. The van der Waals surface area contributed by atoms with E-state index in [0.717, 1.165) is 36.3 Å². The van der Waals surface area contributed by atoms with Gasteiger partial charge in [-0.2, -0.15) is 0 Å². The summed E-state index contributed by atoms with van der Waals surface area (Å²) in [6.45, 7) is 5.01. The highest BCUT2D eigenvalue weighted by atomic mass is 16.7. The Morgan fingerprint density at radius 2 is 2.15 bits per heavy atom. The number of fused-ring (bicyclic) bond motifs is 1. The monoisotopic (exact) mass is 274 g/mol. The van der Waals surface area contributed by atoms with E-state index >= 15 is 0 Å². The number of hydrogen-bond acceptors (Lipinski definition) is 6. The second kappa shape index (κ2) is 5.40. The summed E-state index contributed by atoms with van der Waals surface area (Å²) in [5.74, 6) is 3.32. The van der Waals surface area contributed by atoms with Crippen LogP contribution in [0.3, 0.4) is 0 Å². The number of rotatable bonds is 3. The maximum Gasteiger partial charge on any atom is 0.231 e. The predicted molar refractivity (Wildman–Crippen MR) is 77.4 cm³/mol. The molecule has 2 heterocycles. The van der Waals surface area contributed by atoms with Gasteiger partial charge in [0.05, 0.1) is 0 Å². The van der Waals surface area contributed by atoms with Crippen LogP contribution in [0.5, 0.6) is 11.5 Å². The number of guanidine groups is 1. The van der Waals surface area contributed by atoms with Gasteiger partial charge in [0.2, 0.25) is 6.79 Å². The molecular formula is C14H18N4O2. The third kappa shape index (κ3) is 2.84. The van der Waals surface area contributed by atoms with Crippen molar-refractivity contribution in [3.05, 3.63) is 23.8 Å². The van der Waals surface area contributed by atoms with Crippen molar-refractivity contribution >= 4 is 11.8 Å². The predicted octanol–water partition coefficient (Wildman–Crippen LogP) is 1.27. The molecule has 1 aromatic carbocycles. The van der Waals surface area contributed by atoms with Crippen LogP contribution in [-0.4, -0.2) is 31.3 Å². The molecule has 6 heteroatoms. The summed E-state index contributed by atoms with van der Waals surface area (Å²) in [7, 11) is 0. The fourth-order valence-corrected chi connectivity index (χ4v) is 2.24. The third-order valence-corrected chi connectivity index (χ3v) is 3.14. The van der Waals surface area contributed by atoms with Crippen LogP contribution < -0.4 is 20.1 Å². The first-order valence-electron chi connectivity index (χ1n) is 6.72. The molecule has 1 aromatic rings. The minimum atomic E-state index is -0.0238. The molecule has 3 rings (SSSR count). The number of hydrogen-bond donors (Lipinski definition) is 2. The van der Waals surface area contributed by atoms with E-state index in [2.05, 4.69) is 26.7 Å². The van der Waals surface area contributed by atoms with Crippen LogP contribution in [0.25, 0.3) is 0 Å². The van der Waals surface area contributed by atoms with Gasteiger partial charge in [-0.1, -0.05) is 6.07 Å². The van der Waals surface area contributed by atoms with E-state index in [1.54, 1.807) is 0 Å². The van der Waals surface area contributed by atoms with Gasteiger partial charge in [-0.25, -0.2) is 9.98 Å². The van der Waals surface area contributed by atoms with Crippen LogP contribution in [0, 0.1) is 0 Å². The van der Waals surface area contributed by atoms with Crippen molar-refractivity contribution < 1.29 is 9.47 Å². The maximum atomic E-state index is 5.37. The number of nitrogens with zero attached hydrogens (tertiary/aromatic N) is 2. The standard InChI is InChI=1S/C14H18N4O2/c1-9-16-10(2)18-14(17-9)15-6-5-11-3-4-12-13(7-11)20-8-19-12/h3-4,7,9H,5-6,8H2,1-2H3,(H2,15,16,17,18). The van der Waals surface area contributed by atoms with E-state index in [0.29, 0.717) is 6.79 Å². The molecule has 1 atom stereocenters. The highest BCUT2D eigenvalue weighted by molar-refractivity contribution is 5.99. The molecule has 0 aromatic heterocycles. The molecule has 0 saturated heterocycles. The fourth-order valence-electron chi connectivity index (χ4n) is 2.24. The second-order valence-corrected chi connectivity index (χ2v) is 4.81. The van der Waals surface area contributed by atoms with Crippen LogP contribution in [-0.2, 0) is 6.42 Å². The third-order valence-electron chi connectivity index (χ3n) is 3.14. The molecule has 1 unspecified atom stereocenters. The molecule has 0 radical (unpaired) electrons. The topological polar surface area (TPSA) is 67.2 Å². The average Bonchev–Trinajstić information content (AvgIpc) is 2.85. The molecule has 0 aliphatic carbocycles. The van der Waals surface area contributed by atoms with Gasteiger partial charge in [-0.3, -0.25) is 0 Å². The van der Waals surface area contributed by atoms with E-state index in [1.807, 2.05) is 26.0 Å². The number of aliphatic imine (C=N–C) groups is 2. The van der Waals surface area contributed by atoms with Gasteiger partial charge in [0.1, 0.15) is 12.0 Å². The lowest BCUT2D eigenvalue weighted by Crippen LogP contribution is -2.44. The zero-order chi connectivity index (χ0) is 13.9. The summed E-state index contributed by atoms with van der Waals surface area (Å²) in [5, 5.41) is 6.40. The van der Waals surface area contributed by atoms with E-state index in [4.69, 9.17) is 9.47 Å². The molecule has 0 amide bonds. The van der Waals surface area contributed by atoms with Crippen molar-refractivity contribution in [2.45, 2.75) is 26.4 Å². The van der Waals surface area contributed by atoms with Gasteiger partial charge in [0.15, 0.2) is 17.5 Å². The summed E-state index contributed by atoms with van der Waals surface area (Å²) in [6.07, 6.45) is 0.867. The van der Waals surface area contributed by atoms with E-state index in [1.165, 1.54) is 5.56 Å². The summed E-state index contributed by atoms with van der Waals surface area (Å²) in [6, 6.07) is 6.03. The minimum absolute atomic E-state index is 0.0238. The number of nitrogens with one attached hydrogen (secondary N) is 2. The molecule has 2 aliphatic heterocycles. The highest BCUT2D eigenvalue weighted by Gasteiger charge is 2.13. The van der Waals surface area contributed by atoms with E-state index in [9.17, 15) is 0 Å². The number of ether oxygens (including phenoxy) is 2. The quantitative estimate of drug-likeness (QED) is 0.871. The van der Waals surface area contributed by atoms with E-state index in [-0.39, 0.29) is 6.17 Å². The Labute approximate surface area is 117 Å². The summed E-state index contributed by atoms with van der Waals surface area (Å²) < 4.78 is 10.7. The normalized spacial score (nSPS) is 20.0. The summed E-state index contributed by atoms with van der Waals surface area (Å²) in [4.78, 5) is 8.67. The Morgan fingerprint density at radius 1 is 1.30 bits per heavy atom. The van der Waals surface area contributed by atoms with Crippen LogP contribution in [0.1, 0.15) is 19.4 Å². The smallest absolute Gasteiger partial charge is 0.231 e. The average molecular weight is 274 g/mol. The van der Waals surface area contributed by atoms with Crippen molar-refractivity contribution in [1.29, 1.82) is 0 Å². The van der Waals surface area contributed by atoms with Crippen LogP contribution in [0.4, 0.5) is 0 Å². The lowest BCUT2D eigenvalue weighted by Gasteiger charge is -2.18. The lowest BCUT2D eigenvalue weighted by molar-refractivity contribution is 0.174.